The molecule has 2 N–H and O–H groups in total. The van der Waals surface area contributed by atoms with Gasteiger partial charge in [-0.2, -0.15) is 0 Å². The first-order valence-corrected chi connectivity index (χ1v) is 9.81. The fourth-order valence-electron chi connectivity index (χ4n) is 4.04. The number of para-hydroxylation sites is 1. The van der Waals surface area contributed by atoms with Crippen LogP contribution < -0.4 is 10.3 Å². The molecule has 0 radical (unpaired) electrons. The topological polar surface area (TPSA) is 80.1 Å². The molecule has 31 heavy (non-hydrogen) atoms. The van der Waals surface area contributed by atoms with E-state index >= 15 is 0 Å². The Bertz CT molecular complexity index is 1290. The van der Waals surface area contributed by atoms with Crippen LogP contribution in [0.25, 0.3) is 27.8 Å². The van der Waals surface area contributed by atoms with E-state index < -0.39 is 24.4 Å². The van der Waals surface area contributed by atoms with Crippen molar-refractivity contribution in [3.8, 4) is 22.6 Å². The molecule has 1 saturated carbocycles. The second-order valence-corrected chi connectivity index (χ2v) is 7.93. The Labute approximate surface area is 175 Å². The van der Waals surface area contributed by atoms with Crippen LogP contribution in [0, 0.1) is 0 Å². The number of fused-ring (bicyclic) bond motifs is 1. The lowest BCUT2D eigenvalue weighted by Gasteiger charge is -2.42. The van der Waals surface area contributed by atoms with Gasteiger partial charge in [-0.3, -0.25) is 4.79 Å². The summed E-state index contributed by atoms with van der Waals surface area (Å²) in [5.41, 5.74) is 1.16. The summed E-state index contributed by atoms with van der Waals surface area (Å²) in [5, 5.41) is 10.5. The Balaban J connectivity index is 1.45. The molecule has 0 unspecified atom stereocenters. The minimum Gasteiger partial charge on any atom is -0.491 e. The average Bonchev–Trinajstić information content (AvgIpc) is 3.13. The normalized spacial score (nSPS) is 16.7. The first-order valence-electron chi connectivity index (χ1n) is 9.81. The van der Waals surface area contributed by atoms with Gasteiger partial charge in [-0.1, -0.05) is 30.3 Å². The van der Waals surface area contributed by atoms with Gasteiger partial charge in [0, 0.05) is 30.3 Å². The summed E-state index contributed by atoms with van der Waals surface area (Å²) >= 11 is 0. The van der Waals surface area contributed by atoms with Crippen molar-refractivity contribution in [1.29, 1.82) is 0 Å². The van der Waals surface area contributed by atoms with Gasteiger partial charge < -0.3 is 19.4 Å². The van der Waals surface area contributed by atoms with E-state index in [1.807, 2.05) is 41.1 Å². The number of benzene rings is 2. The van der Waals surface area contributed by atoms with Crippen LogP contribution in [0.3, 0.4) is 0 Å². The Morgan fingerprint density at radius 2 is 1.81 bits per heavy atom. The number of alkyl halides is 2. The van der Waals surface area contributed by atoms with Gasteiger partial charge in [-0.25, -0.2) is 13.8 Å². The number of nitrogens with zero attached hydrogens (tertiary/aromatic N) is 2. The first-order chi connectivity index (χ1) is 14.8. The summed E-state index contributed by atoms with van der Waals surface area (Å²) in [6, 6.07) is 16.5. The molecule has 6 nitrogen and oxygen atoms in total. The van der Waals surface area contributed by atoms with E-state index in [9.17, 15) is 18.7 Å². The lowest BCUT2D eigenvalue weighted by atomic mass is 9.77. The second kappa shape index (κ2) is 7.02. The average molecular weight is 423 g/mol. The molecule has 0 spiro atoms. The van der Waals surface area contributed by atoms with Crippen LogP contribution in [-0.4, -0.2) is 37.8 Å². The SMILES string of the molecule is O=c1[nH]cnc2c1c(-c1ccc(OCC3(O)CC(F)(F)C3)cc1)cn2-c1ccccc1. The maximum absolute atomic E-state index is 13.0. The standard InChI is InChI=1S/C23H19F2N3O3/c24-23(25)11-22(30,12-23)13-31-17-8-6-15(7-9-17)18-10-28(16-4-2-1-3-5-16)20-19(18)21(29)27-14-26-20/h1-10,14,30H,11-13H2,(H,26,27,29). The maximum atomic E-state index is 13.0. The monoisotopic (exact) mass is 423 g/mol. The largest absolute Gasteiger partial charge is 0.491 e. The number of nitrogens with one attached hydrogen (secondary N) is 1. The highest BCUT2D eigenvalue weighted by Gasteiger charge is 2.56. The van der Waals surface area contributed by atoms with Crippen molar-refractivity contribution in [2.24, 2.45) is 0 Å². The summed E-state index contributed by atoms with van der Waals surface area (Å²) in [4.78, 5) is 19.5. The molecule has 2 aromatic carbocycles. The zero-order valence-corrected chi connectivity index (χ0v) is 16.4. The summed E-state index contributed by atoms with van der Waals surface area (Å²) < 4.78 is 33.4. The Morgan fingerprint density at radius 1 is 1.10 bits per heavy atom. The highest BCUT2D eigenvalue weighted by Crippen LogP contribution is 2.45. The molecule has 0 aliphatic heterocycles. The lowest BCUT2D eigenvalue weighted by Crippen LogP contribution is -2.55. The number of hydrogen-bond donors (Lipinski definition) is 2. The minimum atomic E-state index is -2.82. The smallest absolute Gasteiger partial charge is 0.260 e. The van der Waals surface area contributed by atoms with Crippen molar-refractivity contribution in [3.05, 3.63) is 77.5 Å². The van der Waals surface area contributed by atoms with Gasteiger partial charge in [0.1, 0.15) is 18.0 Å². The third-order valence-corrected chi connectivity index (χ3v) is 5.47. The summed E-state index contributed by atoms with van der Waals surface area (Å²) in [7, 11) is 0. The molecule has 0 saturated heterocycles. The van der Waals surface area contributed by atoms with Crippen LogP contribution in [0.5, 0.6) is 5.75 Å². The van der Waals surface area contributed by atoms with Gasteiger partial charge in [-0.15, -0.1) is 0 Å². The van der Waals surface area contributed by atoms with Crippen molar-refractivity contribution in [3.63, 3.8) is 0 Å². The van der Waals surface area contributed by atoms with E-state index in [4.69, 9.17) is 4.74 Å². The molecule has 1 aliphatic carbocycles. The summed E-state index contributed by atoms with van der Waals surface area (Å²) in [6.45, 7) is -0.196. The van der Waals surface area contributed by atoms with Crippen LogP contribution in [0.15, 0.2) is 71.9 Å². The van der Waals surface area contributed by atoms with Crippen molar-refractivity contribution in [1.82, 2.24) is 14.5 Å². The van der Waals surface area contributed by atoms with E-state index in [0.29, 0.717) is 22.3 Å². The third-order valence-electron chi connectivity index (χ3n) is 5.47. The van der Waals surface area contributed by atoms with Crippen LogP contribution in [-0.2, 0) is 0 Å². The zero-order chi connectivity index (χ0) is 21.6. The minimum absolute atomic E-state index is 0.196. The predicted octanol–water partition coefficient (Wildman–Crippen LogP) is 3.92. The molecule has 8 heteroatoms. The van der Waals surface area contributed by atoms with E-state index in [0.717, 1.165) is 11.3 Å². The molecule has 1 fully saturated rings. The summed E-state index contributed by atoms with van der Waals surface area (Å²) in [6.07, 6.45) is 2.05. The van der Waals surface area contributed by atoms with E-state index in [2.05, 4.69) is 9.97 Å². The fraction of sp³-hybridized carbons (Fsp3) is 0.217. The molecule has 5 rings (SSSR count). The quantitative estimate of drug-likeness (QED) is 0.510. The second-order valence-electron chi connectivity index (χ2n) is 7.93. The highest BCUT2D eigenvalue weighted by atomic mass is 19.3. The maximum Gasteiger partial charge on any atom is 0.260 e. The van der Waals surface area contributed by atoms with Gasteiger partial charge >= 0.3 is 0 Å². The van der Waals surface area contributed by atoms with Gasteiger partial charge in [0.25, 0.3) is 11.5 Å². The van der Waals surface area contributed by atoms with E-state index in [-0.39, 0.29) is 12.2 Å². The molecular formula is C23H19F2N3O3. The van der Waals surface area contributed by atoms with Crippen molar-refractivity contribution in [2.45, 2.75) is 24.4 Å². The molecule has 0 atom stereocenters. The molecule has 2 aromatic heterocycles. The van der Waals surface area contributed by atoms with Crippen molar-refractivity contribution in [2.75, 3.05) is 6.61 Å². The first kappa shape index (κ1) is 19.4. The fourth-order valence-corrected chi connectivity index (χ4v) is 4.04. The van der Waals surface area contributed by atoms with E-state index in [1.54, 1.807) is 24.3 Å². The van der Waals surface area contributed by atoms with Gasteiger partial charge in [-0.05, 0) is 29.8 Å². The van der Waals surface area contributed by atoms with Crippen molar-refractivity contribution < 1.29 is 18.6 Å². The van der Waals surface area contributed by atoms with Crippen LogP contribution >= 0.6 is 0 Å². The number of halogens is 2. The van der Waals surface area contributed by atoms with Crippen LogP contribution in [0.1, 0.15) is 12.8 Å². The van der Waals surface area contributed by atoms with Crippen molar-refractivity contribution >= 4 is 11.0 Å². The van der Waals surface area contributed by atoms with Crippen LogP contribution in [0.2, 0.25) is 0 Å². The molecule has 0 bridgehead atoms. The Kier molecular flexibility index (Phi) is 4.40. The number of aromatic amines is 1. The lowest BCUT2D eigenvalue weighted by molar-refractivity contribution is -0.215. The number of rotatable bonds is 5. The predicted molar refractivity (Wildman–Crippen MR) is 112 cm³/mol. The molecule has 2 heterocycles. The molecule has 1 aliphatic rings. The summed E-state index contributed by atoms with van der Waals surface area (Å²) in [5.74, 6) is -2.37. The molecular weight excluding hydrogens is 404 g/mol. The van der Waals surface area contributed by atoms with E-state index in [1.165, 1.54) is 6.33 Å². The number of ether oxygens (including phenoxy) is 1. The van der Waals surface area contributed by atoms with Gasteiger partial charge in [0.15, 0.2) is 5.65 Å². The van der Waals surface area contributed by atoms with Gasteiger partial charge in [0.2, 0.25) is 0 Å². The number of H-pyrrole nitrogens is 1. The molecule has 0 amide bonds. The zero-order valence-electron chi connectivity index (χ0n) is 16.4. The molecule has 4 aromatic rings. The molecule has 158 valence electrons. The third kappa shape index (κ3) is 3.59. The van der Waals surface area contributed by atoms with Gasteiger partial charge in [0.05, 0.1) is 11.7 Å². The van der Waals surface area contributed by atoms with Crippen LogP contribution in [0.4, 0.5) is 8.78 Å². The highest BCUT2D eigenvalue weighted by molar-refractivity contribution is 5.94. The number of aromatic nitrogens is 3. The Hall–Kier alpha value is -3.52. The number of hydrogen-bond acceptors (Lipinski definition) is 4. The Morgan fingerprint density at radius 3 is 2.48 bits per heavy atom. The number of aliphatic hydroxyl groups is 1.